The zero-order valence-corrected chi connectivity index (χ0v) is 11.5. The third-order valence-electron chi connectivity index (χ3n) is 2.53. The van der Waals surface area contributed by atoms with E-state index in [0.717, 1.165) is 0 Å². The molecule has 0 bridgehead atoms. The molecule has 19 heavy (non-hydrogen) atoms. The van der Waals surface area contributed by atoms with Crippen LogP contribution >= 0.6 is 15.9 Å². The summed E-state index contributed by atoms with van der Waals surface area (Å²) in [5.74, 6) is -1.43. The van der Waals surface area contributed by atoms with Gasteiger partial charge in [-0.1, -0.05) is 15.9 Å². The topological polar surface area (TPSA) is 79.5 Å². The van der Waals surface area contributed by atoms with Gasteiger partial charge in [0.2, 0.25) is 0 Å². The Morgan fingerprint density at radius 2 is 2.05 bits per heavy atom. The molecule has 1 heterocycles. The summed E-state index contributed by atoms with van der Waals surface area (Å²) in [6, 6.07) is 6.25. The fraction of sp³-hybridized carbons (Fsp3) is 0.0769. The van der Waals surface area contributed by atoms with Crippen LogP contribution in [0.25, 0.3) is 0 Å². The number of amides is 1. The first-order chi connectivity index (χ1) is 8.99. The molecular formula is C13H10BrNO4. The van der Waals surface area contributed by atoms with E-state index >= 15 is 0 Å². The highest BCUT2D eigenvalue weighted by atomic mass is 79.9. The molecule has 0 saturated carbocycles. The van der Waals surface area contributed by atoms with Crippen molar-refractivity contribution in [1.29, 1.82) is 0 Å². The molecule has 0 aliphatic rings. The van der Waals surface area contributed by atoms with E-state index in [4.69, 9.17) is 9.52 Å². The van der Waals surface area contributed by atoms with Crippen molar-refractivity contribution in [3.63, 3.8) is 0 Å². The highest BCUT2D eigenvalue weighted by Crippen LogP contribution is 2.22. The quantitative estimate of drug-likeness (QED) is 0.908. The Morgan fingerprint density at radius 3 is 2.63 bits per heavy atom. The maximum Gasteiger partial charge on any atom is 0.337 e. The zero-order valence-electron chi connectivity index (χ0n) is 9.94. The van der Waals surface area contributed by atoms with Crippen molar-refractivity contribution in [3.05, 3.63) is 51.9 Å². The summed E-state index contributed by atoms with van der Waals surface area (Å²) >= 11 is 3.19. The van der Waals surface area contributed by atoms with Crippen LogP contribution in [0.5, 0.6) is 0 Å². The first kappa shape index (κ1) is 13.4. The Morgan fingerprint density at radius 1 is 1.32 bits per heavy atom. The maximum atomic E-state index is 11.9. The van der Waals surface area contributed by atoms with Crippen molar-refractivity contribution in [1.82, 2.24) is 0 Å². The molecule has 2 aromatic rings. The zero-order chi connectivity index (χ0) is 14.0. The summed E-state index contributed by atoms with van der Waals surface area (Å²) in [6.07, 6.45) is 1.41. The monoisotopic (exact) mass is 323 g/mol. The molecule has 0 spiro atoms. The van der Waals surface area contributed by atoms with E-state index < -0.39 is 11.9 Å². The minimum atomic E-state index is -1.12. The molecule has 0 fully saturated rings. The Bertz CT molecular complexity index is 648. The lowest BCUT2D eigenvalue weighted by Crippen LogP contribution is -2.15. The fourth-order valence-electron chi connectivity index (χ4n) is 1.59. The van der Waals surface area contributed by atoms with Gasteiger partial charge >= 0.3 is 5.97 Å². The molecule has 2 rings (SSSR count). The molecule has 0 saturated heterocycles. The van der Waals surface area contributed by atoms with Crippen molar-refractivity contribution in [2.45, 2.75) is 6.92 Å². The molecule has 0 aliphatic heterocycles. The van der Waals surface area contributed by atoms with E-state index in [1.54, 1.807) is 19.1 Å². The van der Waals surface area contributed by atoms with Crippen molar-refractivity contribution < 1.29 is 19.1 Å². The van der Waals surface area contributed by atoms with Gasteiger partial charge < -0.3 is 14.8 Å². The van der Waals surface area contributed by atoms with Crippen LogP contribution in [-0.4, -0.2) is 17.0 Å². The van der Waals surface area contributed by atoms with Crippen LogP contribution in [-0.2, 0) is 0 Å². The number of nitrogens with one attached hydrogen (secondary N) is 1. The number of aromatic carboxylic acids is 1. The number of carboxylic acid groups (broad SMARTS) is 1. The van der Waals surface area contributed by atoms with E-state index in [2.05, 4.69) is 21.2 Å². The number of anilines is 1. The Hall–Kier alpha value is -2.08. The lowest BCUT2D eigenvalue weighted by Gasteiger charge is -2.08. The van der Waals surface area contributed by atoms with E-state index in [1.165, 1.54) is 18.4 Å². The van der Waals surface area contributed by atoms with Gasteiger partial charge in [0, 0.05) is 10.0 Å². The summed E-state index contributed by atoms with van der Waals surface area (Å²) < 4.78 is 5.68. The second-order valence-electron chi connectivity index (χ2n) is 3.88. The molecule has 1 aromatic heterocycles. The van der Waals surface area contributed by atoms with Crippen molar-refractivity contribution in [3.8, 4) is 0 Å². The van der Waals surface area contributed by atoms with E-state index in [0.29, 0.717) is 10.0 Å². The van der Waals surface area contributed by atoms with Crippen LogP contribution in [0.15, 0.2) is 39.4 Å². The molecule has 5 nitrogen and oxygen atoms in total. The molecule has 2 N–H and O–H groups in total. The highest BCUT2D eigenvalue weighted by Gasteiger charge is 2.17. The number of hydrogen-bond acceptors (Lipinski definition) is 3. The maximum absolute atomic E-state index is 11.9. The second-order valence-corrected chi connectivity index (χ2v) is 4.80. The molecule has 0 aliphatic carbocycles. The van der Waals surface area contributed by atoms with E-state index in [9.17, 15) is 9.59 Å². The summed E-state index contributed by atoms with van der Waals surface area (Å²) in [4.78, 5) is 23.1. The smallest absolute Gasteiger partial charge is 0.337 e. The summed E-state index contributed by atoms with van der Waals surface area (Å²) in [7, 11) is 0. The highest BCUT2D eigenvalue weighted by molar-refractivity contribution is 9.10. The molecular weight excluding hydrogens is 314 g/mol. The summed E-state index contributed by atoms with van der Waals surface area (Å²) in [5.41, 5.74) is 0.912. The first-order valence-corrected chi connectivity index (χ1v) is 6.16. The molecule has 6 heteroatoms. The Labute approximate surface area is 117 Å². The molecule has 1 amide bonds. The number of carbonyl (C=O) groups excluding carboxylic acids is 1. The number of hydrogen-bond donors (Lipinski definition) is 2. The number of halogens is 1. The van der Waals surface area contributed by atoms with Crippen LogP contribution in [0.2, 0.25) is 0 Å². The van der Waals surface area contributed by atoms with Gasteiger partial charge in [0.1, 0.15) is 0 Å². The van der Waals surface area contributed by atoms with Crippen molar-refractivity contribution >= 4 is 33.5 Å². The van der Waals surface area contributed by atoms with E-state index in [1.807, 2.05) is 0 Å². The minimum Gasteiger partial charge on any atom is -0.478 e. The van der Waals surface area contributed by atoms with Gasteiger partial charge in [-0.05, 0) is 31.2 Å². The van der Waals surface area contributed by atoms with E-state index in [-0.39, 0.29) is 17.0 Å². The molecule has 0 atom stereocenters. The van der Waals surface area contributed by atoms with Crippen molar-refractivity contribution in [2.75, 3.05) is 5.32 Å². The average molecular weight is 324 g/mol. The normalized spacial score (nSPS) is 10.2. The molecule has 98 valence electrons. The number of furan rings is 1. The standard InChI is InChI=1S/C13H10BrNO4/c1-7-4-5-19-11(7)12(16)15-10-3-2-8(14)6-9(10)13(17)18/h2-6H,1H3,(H,15,16)(H,17,18). The predicted octanol–water partition coefficient (Wildman–Crippen LogP) is 3.30. The van der Waals surface area contributed by atoms with Gasteiger partial charge in [-0.2, -0.15) is 0 Å². The second kappa shape index (κ2) is 5.27. The number of benzene rings is 1. The largest absolute Gasteiger partial charge is 0.478 e. The third kappa shape index (κ3) is 2.85. The number of carboxylic acids is 1. The van der Waals surface area contributed by atoms with Gasteiger partial charge in [-0.25, -0.2) is 4.79 Å². The Balaban J connectivity index is 2.32. The molecule has 0 unspecified atom stereocenters. The van der Waals surface area contributed by atoms with Gasteiger partial charge in [0.25, 0.3) is 5.91 Å². The van der Waals surface area contributed by atoms with Gasteiger partial charge in [0.15, 0.2) is 5.76 Å². The SMILES string of the molecule is Cc1ccoc1C(=O)Nc1ccc(Br)cc1C(=O)O. The van der Waals surface area contributed by atoms with Crippen LogP contribution in [0.1, 0.15) is 26.5 Å². The molecule has 1 aromatic carbocycles. The van der Waals surface area contributed by atoms with Crippen LogP contribution < -0.4 is 5.32 Å². The summed E-state index contributed by atoms with van der Waals surface area (Å²) in [6.45, 7) is 1.73. The van der Waals surface area contributed by atoms with Crippen LogP contribution in [0, 0.1) is 6.92 Å². The van der Waals surface area contributed by atoms with Crippen LogP contribution in [0.3, 0.4) is 0 Å². The average Bonchev–Trinajstić information content (AvgIpc) is 2.77. The number of carbonyl (C=O) groups is 2. The minimum absolute atomic E-state index is 0.00642. The Kier molecular flexibility index (Phi) is 3.71. The third-order valence-corrected chi connectivity index (χ3v) is 3.02. The predicted molar refractivity (Wildman–Crippen MR) is 72.5 cm³/mol. The van der Waals surface area contributed by atoms with Gasteiger partial charge in [0.05, 0.1) is 17.5 Å². The lowest BCUT2D eigenvalue weighted by atomic mass is 10.1. The fourth-order valence-corrected chi connectivity index (χ4v) is 1.95. The number of aryl methyl sites for hydroxylation is 1. The van der Waals surface area contributed by atoms with Gasteiger partial charge in [-0.15, -0.1) is 0 Å². The van der Waals surface area contributed by atoms with Gasteiger partial charge in [-0.3, -0.25) is 4.79 Å². The lowest BCUT2D eigenvalue weighted by molar-refractivity contribution is 0.0698. The first-order valence-electron chi connectivity index (χ1n) is 5.37. The van der Waals surface area contributed by atoms with Crippen molar-refractivity contribution in [2.24, 2.45) is 0 Å². The number of rotatable bonds is 3. The van der Waals surface area contributed by atoms with Crippen LogP contribution in [0.4, 0.5) is 5.69 Å². The molecule has 0 radical (unpaired) electrons. The summed E-state index contributed by atoms with van der Waals surface area (Å²) in [5, 5.41) is 11.6.